The Balaban J connectivity index is 1.60. The zero-order valence-corrected chi connectivity index (χ0v) is 14.0. The largest absolute Gasteiger partial charge is 0.337 e. The maximum atomic E-state index is 13.0. The minimum Gasteiger partial charge on any atom is -0.337 e. The zero-order valence-electron chi connectivity index (χ0n) is 14.0. The van der Waals surface area contributed by atoms with E-state index in [9.17, 15) is 4.79 Å². The fourth-order valence-electron chi connectivity index (χ4n) is 3.30. The van der Waals surface area contributed by atoms with Crippen molar-refractivity contribution in [3.8, 4) is 0 Å². The van der Waals surface area contributed by atoms with E-state index in [0.29, 0.717) is 24.0 Å². The molecule has 2 fully saturated rings. The molecular weight excluding hydrogens is 306 g/mol. The van der Waals surface area contributed by atoms with Crippen molar-refractivity contribution in [2.75, 3.05) is 6.54 Å². The van der Waals surface area contributed by atoms with E-state index in [0.717, 1.165) is 50.9 Å². The van der Waals surface area contributed by atoms with Gasteiger partial charge in [-0.1, -0.05) is 18.0 Å². The highest BCUT2D eigenvalue weighted by Gasteiger charge is 2.35. The molecule has 7 heteroatoms. The Morgan fingerprint density at radius 2 is 2.17 bits per heavy atom. The molecule has 128 valence electrons. The van der Waals surface area contributed by atoms with Gasteiger partial charge in [-0.25, -0.2) is 0 Å². The fraction of sp³-hybridized carbons (Fsp3) is 0.647. The van der Waals surface area contributed by atoms with E-state index in [1.165, 1.54) is 0 Å². The number of carbonyl (C=O) groups is 1. The molecule has 1 aliphatic carbocycles. The summed E-state index contributed by atoms with van der Waals surface area (Å²) in [6.45, 7) is 3.47. The molecule has 0 N–H and O–H groups in total. The van der Waals surface area contributed by atoms with Crippen LogP contribution in [0.4, 0.5) is 0 Å². The summed E-state index contributed by atoms with van der Waals surface area (Å²) in [6, 6.07) is 1.66. The molecule has 1 unspecified atom stereocenters. The summed E-state index contributed by atoms with van der Waals surface area (Å²) >= 11 is 0. The van der Waals surface area contributed by atoms with Gasteiger partial charge >= 0.3 is 0 Å². The van der Waals surface area contributed by atoms with Crippen LogP contribution in [0.5, 0.6) is 0 Å². The number of carbonyl (C=O) groups excluding carboxylic acids is 1. The number of amides is 1. The van der Waals surface area contributed by atoms with Crippen molar-refractivity contribution in [3.63, 3.8) is 0 Å². The van der Waals surface area contributed by atoms with Crippen LogP contribution in [0.3, 0.4) is 0 Å². The number of aromatic nitrogens is 4. The molecule has 3 heterocycles. The van der Waals surface area contributed by atoms with Crippen LogP contribution in [-0.2, 0) is 6.54 Å². The molecule has 0 bridgehead atoms. The first-order valence-electron chi connectivity index (χ1n) is 8.94. The van der Waals surface area contributed by atoms with Gasteiger partial charge in [0.25, 0.3) is 5.91 Å². The molecule has 7 nitrogen and oxygen atoms in total. The van der Waals surface area contributed by atoms with Crippen LogP contribution in [0, 0.1) is 0 Å². The molecule has 1 atom stereocenters. The third kappa shape index (κ3) is 2.95. The topological polar surface area (TPSA) is 77.0 Å². The smallest absolute Gasteiger partial charge is 0.275 e. The molecule has 1 saturated heterocycles. The summed E-state index contributed by atoms with van der Waals surface area (Å²) in [7, 11) is 0. The third-order valence-electron chi connectivity index (χ3n) is 4.88. The summed E-state index contributed by atoms with van der Waals surface area (Å²) in [5.74, 6) is 1.80. The average Bonchev–Trinajstić information content (AvgIpc) is 3.23. The summed E-state index contributed by atoms with van der Waals surface area (Å²) in [6.07, 6.45) is 8.18. The Morgan fingerprint density at radius 1 is 1.29 bits per heavy atom. The third-order valence-corrected chi connectivity index (χ3v) is 4.88. The van der Waals surface area contributed by atoms with Gasteiger partial charge < -0.3 is 9.42 Å². The molecule has 1 saturated carbocycles. The highest BCUT2D eigenvalue weighted by Crippen LogP contribution is 2.39. The number of hydrogen-bond acceptors (Lipinski definition) is 5. The Morgan fingerprint density at radius 3 is 2.92 bits per heavy atom. The molecule has 24 heavy (non-hydrogen) atoms. The van der Waals surface area contributed by atoms with Crippen molar-refractivity contribution in [1.29, 1.82) is 0 Å². The van der Waals surface area contributed by atoms with E-state index in [1.54, 1.807) is 10.7 Å². The lowest BCUT2D eigenvalue weighted by atomic mass is 10.1. The van der Waals surface area contributed by atoms with Crippen molar-refractivity contribution in [3.05, 3.63) is 29.7 Å². The highest BCUT2D eigenvalue weighted by molar-refractivity contribution is 5.92. The number of rotatable bonds is 4. The molecule has 0 aromatic carbocycles. The van der Waals surface area contributed by atoms with Crippen molar-refractivity contribution < 1.29 is 9.32 Å². The van der Waals surface area contributed by atoms with Gasteiger partial charge in [0.1, 0.15) is 11.7 Å². The van der Waals surface area contributed by atoms with Crippen LogP contribution < -0.4 is 0 Å². The van der Waals surface area contributed by atoms with Crippen molar-refractivity contribution in [2.24, 2.45) is 0 Å². The molecule has 2 aromatic heterocycles. The first-order chi connectivity index (χ1) is 11.8. The first-order valence-corrected chi connectivity index (χ1v) is 8.94. The predicted molar refractivity (Wildman–Crippen MR) is 86.4 cm³/mol. The Bertz CT molecular complexity index is 718. The Hall–Kier alpha value is -2.18. The van der Waals surface area contributed by atoms with Crippen LogP contribution in [0.1, 0.15) is 79.6 Å². The van der Waals surface area contributed by atoms with E-state index >= 15 is 0 Å². The van der Waals surface area contributed by atoms with Crippen LogP contribution in [0.2, 0.25) is 0 Å². The monoisotopic (exact) mass is 329 g/mol. The Labute approximate surface area is 141 Å². The summed E-state index contributed by atoms with van der Waals surface area (Å²) in [5, 5.41) is 8.49. The van der Waals surface area contributed by atoms with E-state index in [-0.39, 0.29) is 11.9 Å². The number of aryl methyl sites for hydroxylation is 1. The Kier molecular flexibility index (Phi) is 4.08. The second-order valence-corrected chi connectivity index (χ2v) is 6.69. The molecule has 4 rings (SSSR count). The lowest BCUT2D eigenvalue weighted by Gasteiger charge is -2.26. The van der Waals surface area contributed by atoms with E-state index in [2.05, 4.69) is 15.2 Å². The van der Waals surface area contributed by atoms with Crippen molar-refractivity contribution >= 4 is 5.91 Å². The van der Waals surface area contributed by atoms with Gasteiger partial charge in [0, 0.05) is 25.2 Å². The standard InChI is InChI=1S/C17H23N5O2/c1-2-21-11-9-13(19-21)17(23)22-10-5-3-4-6-14(22)16-18-15(20-24-16)12-7-8-12/h9,11-12,14H,2-8,10H2,1H3. The van der Waals surface area contributed by atoms with E-state index in [1.807, 2.05) is 18.0 Å². The van der Waals surface area contributed by atoms with Gasteiger partial charge in [-0.05, 0) is 38.7 Å². The SMILES string of the molecule is CCn1ccc(C(=O)N2CCCCCC2c2nc(C3CC3)no2)n1. The molecule has 1 amide bonds. The highest BCUT2D eigenvalue weighted by atomic mass is 16.5. The van der Waals surface area contributed by atoms with E-state index < -0.39 is 0 Å². The lowest BCUT2D eigenvalue weighted by molar-refractivity contribution is 0.0637. The normalized spacial score (nSPS) is 21.7. The molecular formula is C17H23N5O2. The number of nitrogens with zero attached hydrogens (tertiary/aromatic N) is 5. The number of hydrogen-bond donors (Lipinski definition) is 0. The lowest BCUT2D eigenvalue weighted by Crippen LogP contribution is -2.35. The van der Waals surface area contributed by atoms with Crippen LogP contribution in [0.25, 0.3) is 0 Å². The quantitative estimate of drug-likeness (QED) is 0.862. The maximum Gasteiger partial charge on any atom is 0.275 e. The first kappa shape index (κ1) is 15.4. The second-order valence-electron chi connectivity index (χ2n) is 6.69. The zero-order chi connectivity index (χ0) is 16.5. The van der Waals surface area contributed by atoms with Crippen LogP contribution in [-0.4, -0.2) is 37.3 Å². The van der Waals surface area contributed by atoms with Gasteiger partial charge in [-0.2, -0.15) is 10.1 Å². The maximum absolute atomic E-state index is 13.0. The molecule has 0 spiro atoms. The van der Waals surface area contributed by atoms with Gasteiger partial charge in [0.15, 0.2) is 5.82 Å². The van der Waals surface area contributed by atoms with Crippen molar-refractivity contribution in [2.45, 2.75) is 64.0 Å². The fourth-order valence-corrected chi connectivity index (χ4v) is 3.30. The average molecular weight is 329 g/mol. The van der Waals surface area contributed by atoms with Crippen LogP contribution >= 0.6 is 0 Å². The van der Waals surface area contributed by atoms with Gasteiger partial charge in [-0.3, -0.25) is 9.48 Å². The van der Waals surface area contributed by atoms with E-state index in [4.69, 9.17) is 4.52 Å². The predicted octanol–water partition coefficient (Wildman–Crippen LogP) is 2.92. The second kappa shape index (κ2) is 6.37. The summed E-state index contributed by atoms with van der Waals surface area (Å²) in [4.78, 5) is 19.4. The van der Waals surface area contributed by atoms with Gasteiger partial charge in [0.2, 0.25) is 5.89 Å². The molecule has 2 aliphatic rings. The van der Waals surface area contributed by atoms with Crippen molar-refractivity contribution in [1.82, 2.24) is 24.8 Å². The summed E-state index contributed by atoms with van der Waals surface area (Å²) < 4.78 is 7.30. The molecule has 1 aliphatic heterocycles. The minimum absolute atomic E-state index is 0.0414. The van der Waals surface area contributed by atoms with Crippen LogP contribution in [0.15, 0.2) is 16.8 Å². The minimum atomic E-state index is -0.133. The molecule has 0 radical (unpaired) electrons. The summed E-state index contributed by atoms with van der Waals surface area (Å²) in [5.41, 5.74) is 0.491. The van der Waals surface area contributed by atoms with Gasteiger partial charge in [0.05, 0.1) is 0 Å². The number of likely N-dealkylation sites (tertiary alicyclic amines) is 1. The molecule has 2 aromatic rings. The van der Waals surface area contributed by atoms with Gasteiger partial charge in [-0.15, -0.1) is 0 Å².